The predicted octanol–water partition coefficient (Wildman–Crippen LogP) is 3.15. The molecule has 0 aromatic heterocycles. The van der Waals surface area contributed by atoms with Crippen molar-refractivity contribution < 1.29 is 40.1 Å². The predicted molar refractivity (Wildman–Crippen MR) is 154 cm³/mol. The summed E-state index contributed by atoms with van der Waals surface area (Å²) in [4.78, 5) is 0. The van der Waals surface area contributed by atoms with Gasteiger partial charge in [-0.05, 0) is 118 Å². The van der Waals surface area contributed by atoms with Gasteiger partial charge in [-0.1, -0.05) is 32.4 Å². The molecular formula is C33H56O8. The van der Waals surface area contributed by atoms with Gasteiger partial charge in [-0.2, -0.15) is 0 Å². The fourth-order valence-electron chi connectivity index (χ4n) is 10.7. The molecule has 1 heterocycles. The topological polar surface area (TPSA) is 140 Å². The molecule has 1 aliphatic heterocycles. The van der Waals surface area contributed by atoms with Crippen molar-refractivity contribution in [2.45, 2.75) is 141 Å². The van der Waals surface area contributed by atoms with Gasteiger partial charge in [-0.25, -0.2) is 0 Å². The van der Waals surface area contributed by atoms with E-state index in [4.69, 9.17) is 9.47 Å². The Balaban J connectivity index is 1.29. The third-order valence-corrected chi connectivity index (χ3v) is 12.8. The second-order valence-corrected chi connectivity index (χ2v) is 15.1. The lowest BCUT2D eigenvalue weighted by molar-refractivity contribution is -0.322. The molecule has 8 heteroatoms. The molecule has 8 nitrogen and oxygen atoms in total. The summed E-state index contributed by atoms with van der Waals surface area (Å²) in [5.41, 5.74) is 1.46. The van der Waals surface area contributed by atoms with Crippen LogP contribution in [0.2, 0.25) is 0 Å². The molecular weight excluding hydrogens is 524 g/mol. The monoisotopic (exact) mass is 580 g/mol. The smallest absolute Gasteiger partial charge is 0.186 e. The van der Waals surface area contributed by atoms with Gasteiger partial charge in [0.25, 0.3) is 0 Å². The van der Waals surface area contributed by atoms with Crippen molar-refractivity contribution in [2.75, 3.05) is 6.61 Å². The first-order chi connectivity index (χ1) is 19.3. The Kier molecular flexibility index (Phi) is 9.37. The van der Waals surface area contributed by atoms with E-state index in [0.717, 1.165) is 57.8 Å². The highest BCUT2D eigenvalue weighted by Gasteiger charge is 2.65. The van der Waals surface area contributed by atoms with Crippen molar-refractivity contribution in [1.82, 2.24) is 0 Å². The van der Waals surface area contributed by atoms with Crippen LogP contribution < -0.4 is 0 Å². The van der Waals surface area contributed by atoms with Crippen molar-refractivity contribution >= 4 is 0 Å². The molecule has 5 rings (SSSR count). The minimum absolute atomic E-state index is 0.0494. The Labute approximate surface area is 246 Å². The lowest BCUT2D eigenvalue weighted by atomic mass is 9.40. The van der Waals surface area contributed by atoms with E-state index in [9.17, 15) is 30.6 Å². The van der Waals surface area contributed by atoms with Crippen LogP contribution in [0, 0.1) is 46.3 Å². The number of aliphatic hydroxyl groups is 6. The summed E-state index contributed by atoms with van der Waals surface area (Å²) in [5.74, 6) is 1.73. The minimum Gasteiger partial charge on any atom is -0.394 e. The van der Waals surface area contributed by atoms with Gasteiger partial charge in [0.15, 0.2) is 6.29 Å². The van der Waals surface area contributed by atoms with Crippen molar-refractivity contribution in [3.8, 4) is 0 Å². The van der Waals surface area contributed by atoms with Crippen LogP contribution in [0.3, 0.4) is 0 Å². The van der Waals surface area contributed by atoms with Crippen LogP contribution in [0.25, 0.3) is 0 Å². The Morgan fingerprint density at radius 1 is 0.951 bits per heavy atom. The maximum absolute atomic E-state index is 11.7. The number of ether oxygens (including phenoxy) is 2. The third-order valence-electron chi connectivity index (χ3n) is 12.8. The summed E-state index contributed by atoms with van der Waals surface area (Å²) in [6, 6.07) is 0. The Bertz CT molecular complexity index is 936. The maximum atomic E-state index is 11.7. The van der Waals surface area contributed by atoms with Crippen LogP contribution in [0.5, 0.6) is 0 Å². The van der Waals surface area contributed by atoms with Crippen molar-refractivity contribution in [3.05, 3.63) is 11.6 Å². The summed E-state index contributed by atoms with van der Waals surface area (Å²) in [5, 5.41) is 63.4. The second-order valence-electron chi connectivity index (χ2n) is 15.1. The summed E-state index contributed by atoms with van der Waals surface area (Å²) >= 11 is 0. The van der Waals surface area contributed by atoms with Crippen molar-refractivity contribution in [2.24, 2.45) is 46.3 Å². The molecule has 236 valence electrons. The third kappa shape index (κ3) is 5.47. The second kappa shape index (κ2) is 12.1. The minimum atomic E-state index is -1.44. The summed E-state index contributed by atoms with van der Waals surface area (Å²) in [6.07, 6.45) is 3.38. The van der Waals surface area contributed by atoms with Gasteiger partial charge in [-0.15, -0.1) is 0 Å². The van der Waals surface area contributed by atoms with E-state index >= 15 is 0 Å². The average molecular weight is 581 g/mol. The van der Waals surface area contributed by atoms with Crippen LogP contribution in [0.1, 0.15) is 92.4 Å². The highest BCUT2D eigenvalue weighted by Crippen LogP contribution is 2.70. The lowest BCUT2D eigenvalue weighted by Crippen LogP contribution is -2.63. The van der Waals surface area contributed by atoms with Gasteiger partial charge in [0.2, 0.25) is 0 Å². The Morgan fingerprint density at radius 3 is 2.32 bits per heavy atom. The first-order valence-electron chi connectivity index (χ1n) is 16.3. The Morgan fingerprint density at radius 2 is 1.63 bits per heavy atom. The number of fused-ring (bicyclic) bond motifs is 5. The number of hydrogen-bond acceptors (Lipinski definition) is 8. The van der Waals surface area contributed by atoms with Crippen molar-refractivity contribution in [3.63, 3.8) is 0 Å². The molecule has 0 amide bonds. The molecule has 6 N–H and O–H groups in total. The van der Waals surface area contributed by atoms with Gasteiger partial charge in [0, 0.05) is 0 Å². The number of rotatable bonds is 7. The van der Waals surface area contributed by atoms with E-state index in [0.29, 0.717) is 17.8 Å². The van der Waals surface area contributed by atoms with Gasteiger partial charge < -0.3 is 40.1 Å². The lowest BCUT2D eigenvalue weighted by Gasteiger charge is -2.66. The van der Waals surface area contributed by atoms with E-state index in [1.54, 1.807) is 0 Å². The maximum Gasteiger partial charge on any atom is 0.186 e. The molecule has 16 unspecified atom stereocenters. The zero-order valence-corrected chi connectivity index (χ0v) is 25.7. The average Bonchev–Trinajstić information content (AvgIpc) is 3.39. The van der Waals surface area contributed by atoms with Crippen LogP contribution in [-0.4, -0.2) is 86.3 Å². The van der Waals surface area contributed by atoms with Gasteiger partial charge in [0.05, 0.1) is 24.9 Å². The molecule has 0 bridgehead atoms. The van der Waals surface area contributed by atoms with E-state index < -0.39 is 43.4 Å². The van der Waals surface area contributed by atoms with Crippen LogP contribution in [0.15, 0.2) is 11.6 Å². The highest BCUT2D eigenvalue weighted by atomic mass is 16.7. The van der Waals surface area contributed by atoms with E-state index in [-0.39, 0.29) is 40.8 Å². The highest BCUT2D eigenvalue weighted by molar-refractivity contribution is 5.14. The van der Waals surface area contributed by atoms with Crippen LogP contribution in [-0.2, 0) is 9.47 Å². The zero-order valence-electron chi connectivity index (χ0n) is 25.7. The fraction of sp³-hybridized carbons (Fsp3) is 0.939. The fourth-order valence-corrected chi connectivity index (χ4v) is 10.7. The van der Waals surface area contributed by atoms with Gasteiger partial charge >= 0.3 is 0 Å². The van der Waals surface area contributed by atoms with E-state index in [1.807, 2.05) is 0 Å². The van der Waals surface area contributed by atoms with Crippen molar-refractivity contribution in [1.29, 1.82) is 0 Å². The largest absolute Gasteiger partial charge is 0.394 e. The number of allylic oxidation sites excluding steroid dienone is 2. The molecule has 41 heavy (non-hydrogen) atoms. The van der Waals surface area contributed by atoms with E-state index in [1.165, 1.54) is 5.57 Å². The molecule has 0 radical (unpaired) electrons. The standard InChI is InChI=1S/C33H56O8/c1-17(2)7-6-8-22(35)19-9-10-21-27(19)23(36)15-26-32(4)14-12-24(18(3)20(32)11-13-33(21,26)5)40-31-30(39)29(38)28(37)25(16-34)41-31/h7,18-31,34-39H,6,8-16H2,1-5H3. The molecule has 0 aromatic rings. The molecule has 5 aliphatic rings. The van der Waals surface area contributed by atoms with Crippen LogP contribution in [0.4, 0.5) is 0 Å². The number of hydrogen-bond donors (Lipinski definition) is 6. The van der Waals surface area contributed by atoms with Gasteiger partial charge in [-0.3, -0.25) is 0 Å². The summed E-state index contributed by atoms with van der Waals surface area (Å²) < 4.78 is 12.0. The normalized spacial score (nSPS) is 52.2. The molecule has 5 fully saturated rings. The quantitative estimate of drug-likeness (QED) is 0.199. The molecule has 1 saturated heterocycles. The SMILES string of the molecule is CC(C)=CCCC(O)C1CCC2C1C(O)CC1C3(C)CCC(OC4OC(CO)C(O)C(O)C4O)C(C)C3CCC21C. The number of aliphatic hydroxyl groups excluding tert-OH is 6. The molecule has 0 spiro atoms. The van der Waals surface area contributed by atoms with Crippen LogP contribution >= 0.6 is 0 Å². The molecule has 0 aromatic carbocycles. The first-order valence-corrected chi connectivity index (χ1v) is 16.3. The van der Waals surface area contributed by atoms with E-state index in [2.05, 4.69) is 40.7 Å². The molecule has 4 saturated carbocycles. The molecule has 16 atom stereocenters. The molecule has 4 aliphatic carbocycles. The zero-order chi connectivity index (χ0) is 29.9. The Hall–Kier alpha value is -0.580. The first kappa shape index (κ1) is 31.8. The summed E-state index contributed by atoms with van der Waals surface area (Å²) in [7, 11) is 0. The summed E-state index contributed by atoms with van der Waals surface area (Å²) in [6.45, 7) is 10.8. The van der Waals surface area contributed by atoms with Gasteiger partial charge in [0.1, 0.15) is 24.4 Å².